The highest BCUT2D eigenvalue weighted by Crippen LogP contribution is 2.19. The third kappa shape index (κ3) is 4.32. The molecule has 1 heterocycles. The SMILES string of the molecule is CCOc1cccc(/C=C2/N=C(CCc3ccccc3F)NC2=O)c1. The van der Waals surface area contributed by atoms with Gasteiger partial charge < -0.3 is 10.1 Å². The van der Waals surface area contributed by atoms with Gasteiger partial charge in [-0.1, -0.05) is 30.3 Å². The lowest BCUT2D eigenvalue weighted by Crippen LogP contribution is -2.24. The molecule has 3 rings (SSSR count). The fourth-order valence-electron chi connectivity index (χ4n) is 2.61. The zero-order chi connectivity index (χ0) is 17.6. The smallest absolute Gasteiger partial charge is 0.275 e. The Morgan fingerprint density at radius 3 is 2.80 bits per heavy atom. The molecule has 25 heavy (non-hydrogen) atoms. The summed E-state index contributed by atoms with van der Waals surface area (Å²) in [5, 5.41) is 2.74. The molecule has 0 fully saturated rings. The Bertz CT molecular complexity index is 843. The molecule has 1 aliphatic rings. The predicted octanol–water partition coefficient (Wildman–Crippen LogP) is 3.73. The van der Waals surface area contributed by atoms with Crippen molar-refractivity contribution in [3.8, 4) is 5.75 Å². The van der Waals surface area contributed by atoms with Gasteiger partial charge in [0.1, 0.15) is 23.1 Å². The van der Waals surface area contributed by atoms with E-state index >= 15 is 0 Å². The highest BCUT2D eigenvalue weighted by atomic mass is 19.1. The summed E-state index contributed by atoms with van der Waals surface area (Å²) in [6.45, 7) is 2.50. The van der Waals surface area contributed by atoms with Crippen molar-refractivity contribution < 1.29 is 13.9 Å². The number of amidine groups is 1. The van der Waals surface area contributed by atoms with Crippen LogP contribution in [0.25, 0.3) is 6.08 Å². The molecule has 4 nitrogen and oxygen atoms in total. The molecule has 2 aromatic carbocycles. The van der Waals surface area contributed by atoms with E-state index in [1.54, 1.807) is 24.3 Å². The standard InChI is InChI=1S/C20H19FN2O2/c1-2-25-16-8-5-6-14(12-16)13-18-20(24)23-19(22-18)11-10-15-7-3-4-9-17(15)21/h3-9,12-13H,2,10-11H2,1H3,(H,22,23,24)/b18-13+. The molecule has 0 aromatic heterocycles. The highest BCUT2D eigenvalue weighted by molar-refractivity contribution is 6.14. The Hall–Kier alpha value is -2.95. The maximum absolute atomic E-state index is 13.7. The summed E-state index contributed by atoms with van der Waals surface area (Å²) < 4.78 is 19.1. The largest absolute Gasteiger partial charge is 0.494 e. The molecule has 0 radical (unpaired) electrons. The molecule has 5 heteroatoms. The van der Waals surface area contributed by atoms with Crippen LogP contribution in [0.4, 0.5) is 4.39 Å². The first-order chi connectivity index (χ1) is 12.2. The molecule has 0 saturated carbocycles. The van der Waals surface area contributed by atoms with Crippen LogP contribution in [0.5, 0.6) is 5.75 Å². The Labute approximate surface area is 146 Å². The van der Waals surface area contributed by atoms with Gasteiger partial charge in [-0.05, 0) is 48.7 Å². The summed E-state index contributed by atoms with van der Waals surface area (Å²) in [7, 11) is 0. The van der Waals surface area contributed by atoms with Crippen molar-refractivity contribution in [2.45, 2.75) is 19.8 Å². The molecule has 0 bridgehead atoms. The maximum Gasteiger partial charge on any atom is 0.275 e. The molecular weight excluding hydrogens is 319 g/mol. The van der Waals surface area contributed by atoms with Crippen molar-refractivity contribution in [2.24, 2.45) is 4.99 Å². The molecule has 2 aromatic rings. The number of amides is 1. The van der Waals surface area contributed by atoms with E-state index in [4.69, 9.17) is 4.74 Å². The van der Waals surface area contributed by atoms with Crippen LogP contribution in [0.1, 0.15) is 24.5 Å². The predicted molar refractivity (Wildman–Crippen MR) is 95.9 cm³/mol. The topological polar surface area (TPSA) is 50.7 Å². The van der Waals surface area contributed by atoms with Crippen LogP contribution < -0.4 is 10.1 Å². The first-order valence-electron chi connectivity index (χ1n) is 8.22. The third-order valence-electron chi connectivity index (χ3n) is 3.81. The van der Waals surface area contributed by atoms with Crippen LogP contribution in [0.2, 0.25) is 0 Å². The number of nitrogens with one attached hydrogen (secondary N) is 1. The first kappa shape index (κ1) is 16.9. The molecule has 0 unspecified atom stereocenters. The number of hydrogen-bond acceptors (Lipinski definition) is 3. The Kier molecular flexibility index (Phi) is 5.23. The van der Waals surface area contributed by atoms with Crippen LogP contribution in [0, 0.1) is 5.82 Å². The molecule has 0 spiro atoms. The minimum absolute atomic E-state index is 0.240. The quantitative estimate of drug-likeness (QED) is 0.816. The lowest BCUT2D eigenvalue weighted by molar-refractivity contribution is -0.115. The van der Waals surface area contributed by atoms with Crippen LogP contribution in [0.3, 0.4) is 0 Å². The number of benzene rings is 2. The summed E-state index contributed by atoms with van der Waals surface area (Å²) in [5.41, 5.74) is 1.80. The van der Waals surface area contributed by atoms with Gasteiger partial charge in [0, 0.05) is 6.42 Å². The van der Waals surface area contributed by atoms with Crippen molar-refractivity contribution in [2.75, 3.05) is 6.61 Å². The average Bonchev–Trinajstić information content (AvgIpc) is 2.94. The summed E-state index contributed by atoms with van der Waals surface area (Å²) in [4.78, 5) is 16.4. The second kappa shape index (κ2) is 7.75. The molecule has 0 saturated heterocycles. The minimum Gasteiger partial charge on any atom is -0.494 e. The zero-order valence-electron chi connectivity index (χ0n) is 14.0. The molecule has 128 valence electrons. The van der Waals surface area contributed by atoms with Gasteiger partial charge in [-0.2, -0.15) is 0 Å². The molecule has 0 atom stereocenters. The van der Waals surface area contributed by atoms with Gasteiger partial charge in [0.15, 0.2) is 0 Å². The van der Waals surface area contributed by atoms with E-state index in [1.165, 1.54) is 6.07 Å². The van der Waals surface area contributed by atoms with Crippen LogP contribution in [0.15, 0.2) is 59.2 Å². The van der Waals surface area contributed by atoms with Gasteiger partial charge >= 0.3 is 0 Å². The number of hydrogen-bond donors (Lipinski definition) is 1. The van der Waals surface area contributed by atoms with Crippen LogP contribution >= 0.6 is 0 Å². The van der Waals surface area contributed by atoms with Crippen molar-refractivity contribution in [1.29, 1.82) is 0 Å². The Morgan fingerprint density at radius 1 is 1.16 bits per heavy atom. The van der Waals surface area contributed by atoms with Gasteiger partial charge in [-0.3, -0.25) is 4.79 Å². The van der Waals surface area contributed by atoms with E-state index in [0.29, 0.717) is 36.5 Å². The van der Waals surface area contributed by atoms with E-state index in [9.17, 15) is 9.18 Å². The number of nitrogens with zero attached hydrogens (tertiary/aromatic N) is 1. The van der Waals surface area contributed by atoms with Crippen molar-refractivity contribution in [1.82, 2.24) is 5.32 Å². The van der Waals surface area contributed by atoms with Gasteiger partial charge in [0.2, 0.25) is 0 Å². The molecule has 1 amide bonds. The molecule has 1 aliphatic heterocycles. The van der Waals surface area contributed by atoms with E-state index in [2.05, 4.69) is 10.3 Å². The lowest BCUT2D eigenvalue weighted by atomic mass is 10.1. The normalized spacial score (nSPS) is 15.2. The van der Waals surface area contributed by atoms with Crippen molar-refractivity contribution in [3.05, 3.63) is 71.2 Å². The van der Waals surface area contributed by atoms with Gasteiger partial charge in [0.25, 0.3) is 5.91 Å². The monoisotopic (exact) mass is 338 g/mol. The number of carbonyl (C=O) groups excluding carboxylic acids is 1. The summed E-state index contributed by atoms with van der Waals surface area (Å²) in [5.74, 6) is 0.820. The number of carbonyl (C=O) groups is 1. The molecule has 1 N–H and O–H groups in total. The second-order valence-corrected chi connectivity index (χ2v) is 5.64. The number of rotatable bonds is 6. The van der Waals surface area contributed by atoms with Gasteiger partial charge in [0.05, 0.1) is 6.61 Å². The van der Waals surface area contributed by atoms with Gasteiger partial charge in [-0.25, -0.2) is 9.38 Å². The summed E-state index contributed by atoms with van der Waals surface area (Å²) in [6.07, 6.45) is 2.68. The van der Waals surface area contributed by atoms with E-state index in [1.807, 2.05) is 31.2 Å². The number of aliphatic imine (C=N–C) groups is 1. The Balaban J connectivity index is 1.71. The fourth-order valence-corrected chi connectivity index (χ4v) is 2.61. The van der Waals surface area contributed by atoms with Crippen LogP contribution in [-0.2, 0) is 11.2 Å². The number of halogens is 1. The number of ether oxygens (including phenoxy) is 1. The fraction of sp³-hybridized carbons (Fsp3) is 0.200. The van der Waals surface area contributed by atoms with Crippen molar-refractivity contribution in [3.63, 3.8) is 0 Å². The molecule has 0 aliphatic carbocycles. The first-order valence-corrected chi connectivity index (χ1v) is 8.22. The maximum atomic E-state index is 13.7. The van der Waals surface area contributed by atoms with Gasteiger partial charge in [-0.15, -0.1) is 0 Å². The van der Waals surface area contributed by atoms with E-state index in [-0.39, 0.29) is 11.7 Å². The summed E-state index contributed by atoms with van der Waals surface area (Å²) in [6, 6.07) is 14.1. The second-order valence-electron chi connectivity index (χ2n) is 5.64. The summed E-state index contributed by atoms with van der Waals surface area (Å²) >= 11 is 0. The van der Waals surface area contributed by atoms with E-state index < -0.39 is 0 Å². The van der Waals surface area contributed by atoms with Crippen LogP contribution in [-0.4, -0.2) is 18.3 Å². The molecular formula is C20H19FN2O2. The van der Waals surface area contributed by atoms with Crippen molar-refractivity contribution >= 4 is 17.8 Å². The lowest BCUT2D eigenvalue weighted by Gasteiger charge is -2.03. The van der Waals surface area contributed by atoms with E-state index in [0.717, 1.165) is 11.3 Å². The Morgan fingerprint density at radius 2 is 2.00 bits per heavy atom. The highest BCUT2D eigenvalue weighted by Gasteiger charge is 2.20. The zero-order valence-corrected chi connectivity index (χ0v) is 14.0. The minimum atomic E-state index is -0.245. The number of aryl methyl sites for hydroxylation is 1. The third-order valence-corrected chi connectivity index (χ3v) is 3.81. The average molecular weight is 338 g/mol.